The standard InChI is InChI=1S/C8H12ClN/c1-4-8(10-3)7(2)5-6-9/h5-6H,2,4H2,1,3H3. The largest absolute Gasteiger partial charge is 0.293 e. The summed E-state index contributed by atoms with van der Waals surface area (Å²) in [6, 6.07) is 0. The van der Waals surface area contributed by atoms with Gasteiger partial charge in [-0.2, -0.15) is 0 Å². The molecule has 0 aliphatic heterocycles. The maximum absolute atomic E-state index is 5.36. The third kappa shape index (κ3) is 2.83. The molecule has 0 spiro atoms. The zero-order valence-electron chi connectivity index (χ0n) is 6.39. The number of hydrogen-bond donors (Lipinski definition) is 0. The number of halogens is 1. The average Bonchev–Trinajstić information content (AvgIpc) is 1.91. The second-order valence-electron chi connectivity index (χ2n) is 1.84. The van der Waals surface area contributed by atoms with Crippen molar-refractivity contribution in [2.45, 2.75) is 13.3 Å². The monoisotopic (exact) mass is 157 g/mol. The summed E-state index contributed by atoms with van der Waals surface area (Å²) in [5.41, 5.74) is 3.33. The van der Waals surface area contributed by atoms with E-state index in [9.17, 15) is 0 Å². The molecule has 0 atom stereocenters. The highest BCUT2D eigenvalue weighted by atomic mass is 35.5. The summed E-state index contributed by atoms with van der Waals surface area (Å²) in [4.78, 5) is 4.03. The number of aliphatic imine (C=N–C) groups is 1. The fourth-order valence-electron chi connectivity index (χ4n) is 0.701. The van der Waals surface area contributed by atoms with Crippen molar-refractivity contribution in [3.8, 4) is 0 Å². The molecule has 0 aromatic rings. The van der Waals surface area contributed by atoms with Crippen LogP contribution in [-0.2, 0) is 0 Å². The Morgan fingerprint density at radius 1 is 1.70 bits per heavy atom. The first-order valence-electron chi connectivity index (χ1n) is 3.18. The van der Waals surface area contributed by atoms with E-state index in [1.807, 2.05) is 6.92 Å². The van der Waals surface area contributed by atoms with Crippen molar-refractivity contribution in [2.24, 2.45) is 4.99 Å². The van der Waals surface area contributed by atoms with Crippen molar-refractivity contribution >= 4 is 17.3 Å². The lowest BCUT2D eigenvalue weighted by atomic mass is 10.1. The van der Waals surface area contributed by atoms with E-state index >= 15 is 0 Å². The van der Waals surface area contributed by atoms with Crippen molar-refractivity contribution in [1.29, 1.82) is 0 Å². The molecule has 0 amide bonds. The van der Waals surface area contributed by atoms with E-state index in [2.05, 4.69) is 11.6 Å². The van der Waals surface area contributed by atoms with Gasteiger partial charge in [0.1, 0.15) is 0 Å². The van der Waals surface area contributed by atoms with Crippen LogP contribution in [0, 0.1) is 0 Å². The predicted octanol–water partition coefficient (Wildman–Crippen LogP) is 2.78. The second-order valence-corrected chi connectivity index (χ2v) is 2.09. The lowest BCUT2D eigenvalue weighted by molar-refractivity contribution is 1.25. The smallest absolute Gasteiger partial charge is 0.0408 e. The third-order valence-corrected chi connectivity index (χ3v) is 1.37. The fraction of sp³-hybridized carbons (Fsp3) is 0.375. The quantitative estimate of drug-likeness (QED) is 0.441. The maximum atomic E-state index is 5.36. The molecule has 0 fully saturated rings. The van der Waals surface area contributed by atoms with Gasteiger partial charge in [-0.15, -0.1) is 0 Å². The van der Waals surface area contributed by atoms with Gasteiger partial charge in [-0.05, 0) is 18.1 Å². The van der Waals surface area contributed by atoms with Crippen LogP contribution in [0.4, 0.5) is 0 Å². The van der Waals surface area contributed by atoms with E-state index in [0.717, 1.165) is 17.7 Å². The van der Waals surface area contributed by atoms with Crippen molar-refractivity contribution in [2.75, 3.05) is 7.05 Å². The van der Waals surface area contributed by atoms with E-state index in [1.165, 1.54) is 5.54 Å². The minimum Gasteiger partial charge on any atom is -0.293 e. The highest BCUT2D eigenvalue weighted by Gasteiger charge is 1.94. The Morgan fingerprint density at radius 2 is 2.30 bits per heavy atom. The summed E-state index contributed by atoms with van der Waals surface area (Å²) < 4.78 is 0. The lowest BCUT2D eigenvalue weighted by Gasteiger charge is -1.98. The second kappa shape index (κ2) is 5.24. The molecular weight excluding hydrogens is 146 g/mol. The number of nitrogens with zero attached hydrogens (tertiary/aromatic N) is 1. The Balaban J connectivity index is 4.18. The topological polar surface area (TPSA) is 12.4 Å². The van der Waals surface area contributed by atoms with Gasteiger partial charge < -0.3 is 0 Å². The first-order valence-corrected chi connectivity index (χ1v) is 3.61. The number of rotatable bonds is 3. The first-order chi connectivity index (χ1) is 4.76. The SMILES string of the molecule is C=C(C=CCl)C(CC)=NC. The van der Waals surface area contributed by atoms with Crippen molar-refractivity contribution in [1.82, 2.24) is 0 Å². The highest BCUT2D eigenvalue weighted by Crippen LogP contribution is 2.01. The van der Waals surface area contributed by atoms with Gasteiger partial charge in [-0.3, -0.25) is 4.99 Å². The molecule has 2 heteroatoms. The molecule has 0 unspecified atom stereocenters. The van der Waals surface area contributed by atoms with E-state index in [4.69, 9.17) is 11.6 Å². The van der Waals surface area contributed by atoms with Crippen LogP contribution in [-0.4, -0.2) is 12.8 Å². The van der Waals surface area contributed by atoms with Crippen LogP contribution in [0.5, 0.6) is 0 Å². The molecule has 0 radical (unpaired) electrons. The summed E-state index contributed by atoms with van der Waals surface area (Å²) in [5, 5.41) is 0. The van der Waals surface area contributed by atoms with E-state index in [-0.39, 0.29) is 0 Å². The molecule has 0 aromatic heterocycles. The van der Waals surface area contributed by atoms with Gasteiger partial charge in [0.25, 0.3) is 0 Å². The molecule has 0 saturated heterocycles. The molecule has 56 valence electrons. The average molecular weight is 158 g/mol. The molecule has 0 rings (SSSR count). The summed E-state index contributed by atoms with van der Waals surface area (Å²) in [7, 11) is 1.76. The molecule has 0 N–H and O–H groups in total. The minimum absolute atomic E-state index is 0.889. The predicted molar refractivity (Wildman–Crippen MR) is 47.8 cm³/mol. The molecule has 0 aromatic carbocycles. The number of allylic oxidation sites excluding steroid dienone is 2. The third-order valence-electron chi connectivity index (χ3n) is 1.24. The highest BCUT2D eigenvalue weighted by molar-refractivity contribution is 6.26. The first kappa shape index (κ1) is 9.44. The fourth-order valence-corrected chi connectivity index (χ4v) is 0.853. The Morgan fingerprint density at radius 3 is 2.60 bits per heavy atom. The Labute approximate surface area is 67.1 Å². The van der Waals surface area contributed by atoms with Crippen LogP contribution in [0.25, 0.3) is 0 Å². The van der Waals surface area contributed by atoms with Gasteiger partial charge in [-0.25, -0.2) is 0 Å². The zero-order chi connectivity index (χ0) is 7.98. The van der Waals surface area contributed by atoms with Crippen LogP contribution in [0.2, 0.25) is 0 Å². The Kier molecular flexibility index (Phi) is 4.95. The molecule has 10 heavy (non-hydrogen) atoms. The number of hydrogen-bond acceptors (Lipinski definition) is 1. The zero-order valence-corrected chi connectivity index (χ0v) is 7.15. The van der Waals surface area contributed by atoms with Crippen LogP contribution in [0.15, 0.2) is 28.8 Å². The molecule has 0 aliphatic rings. The van der Waals surface area contributed by atoms with Crippen molar-refractivity contribution in [3.05, 3.63) is 23.8 Å². The van der Waals surface area contributed by atoms with Gasteiger partial charge >= 0.3 is 0 Å². The summed E-state index contributed by atoms with van der Waals surface area (Å²) in [5.74, 6) is 0. The van der Waals surface area contributed by atoms with Gasteiger partial charge in [0, 0.05) is 18.3 Å². The van der Waals surface area contributed by atoms with Gasteiger partial charge in [0.15, 0.2) is 0 Å². The molecule has 0 bridgehead atoms. The van der Waals surface area contributed by atoms with Crippen molar-refractivity contribution < 1.29 is 0 Å². The van der Waals surface area contributed by atoms with E-state index in [0.29, 0.717) is 0 Å². The van der Waals surface area contributed by atoms with Crippen molar-refractivity contribution in [3.63, 3.8) is 0 Å². The molecular formula is C8H12ClN. The summed E-state index contributed by atoms with van der Waals surface area (Å²) in [6.07, 6.45) is 2.64. The minimum atomic E-state index is 0.889. The summed E-state index contributed by atoms with van der Waals surface area (Å²) >= 11 is 5.36. The van der Waals surface area contributed by atoms with E-state index < -0.39 is 0 Å². The molecule has 0 aliphatic carbocycles. The van der Waals surface area contributed by atoms with Crippen LogP contribution < -0.4 is 0 Å². The van der Waals surface area contributed by atoms with Gasteiger partial charge in [0.2, 0.25) is 0 Å². The Hall–Kier alpha value is -0.560. The van der Waals surface area contributed by atoms with Crippen LogP contribution >= 0.6 is 11.6 Å². The van der Waals surface area contributed by atoms with Gasteiger partial charge in [0.05, 0.1) is 0 Å². The van der Waals surface area contributed by atoms with Crippen LogP contribution in [0.3, 0.4) is 0 Å². The molecule has 1 nitrogen and oxygen atoms in total. The molecule has 0 saturated carbocycles. The van der Waals surface area contributed by atoms with Crippen LogP contribution in [0.1, 0.15) is 13.3 Å². The normalized spacial score (nSPS) is 12.5. The Bertz CT molecular complexity index is 168. The maximum Gasteiger partial charge on any atom is 0.0408 e. The summed E-state index contributed by atoms with van der Waals surface area (Å²) in [6.45, 7) is 5.82. The van der Waals surface area contributed by atoms with E-state index in [1.54, 1.807) is 13.1 Å². The lowest BCUT2D eigenvalue weighted by Crippen LogP contribution is -1.96. The van der Waals surface area contributed by atoms with Gasteiger partial charge in [-0.1, -0.05) is 25.1 Å². The molecule has 0 heterocycles.